The van der Waals surface area contributed by atoms with Crippen LogP contribution in [-0.2, 0) is 0 Å². The smallest absolute Gasteiger partial charge is 0.0563 e. The van der Waals surface area contributed by atoms with E-state index in [1.165, 1.54) is 0 Å². The van der Waals surface area contributed by atoms with Gasteiger partial charge in [0, 0.05) is 12.7 Å². The highest BCUT2D eigenvalue weighted by Gasteiger charge is 1.97. The molecule has 0 amide bonds. The van der Waals surface area contributed by atoms with E-state index in [0.717, 1.165) is 6.42 Å². The van der Waals surface area contributed by atoms with Gasteiger partial charge in [0.05, 0.1) is 5.60 Å². The molecule has 3 N–H and O–H groups in total. The van der Waals surface area contributed by atoms with E-state index in [1.54, 1.807) is 34.6 Å². The van der Waals surface area contributed by atoms with E-state index >= 15 is 0 Å². The second-order valence-corrected chi connectivity index (χ2v) is 3.99. The first-order valence-corrected chi connectivity index (χ1v) is 4.66. The molecule has 0 aliphatic carbocycles. The predicted molar refractivity (Wildman–Crippen MR) is 56.7 cm³/mol. The van der Waals surface area contributed by atoms with Gasteiger partial charge >= 0.3 is 0 Å². The van der Waals surface area contributed by atoms with E-state index in [-0.39, 0.29) is 6.10 Å². The van der Waals surface area contributed by atoms with Crippen molar-refractivity contribution in [1.29, 1.82) is 0 Å². The maximum Gasteiger partial charge on any atom is 0.0563 e. The predicted octanol–water partition coefficient (Wildman–Crippen LogP) is 1.55. The van der Waals surface area contributed by atoms with Crippen LogP contribution in [0.2, 0.25) is 0 Å². The SMILES string of the molecule is CC(C)(C)O.CC(C)O.CCCO. The summed E-state index contributed by atoms with van der Waals surface area (Å²) in [7, 11) is 0. The van der Waals surface area contributed by atoms with Crippen molar-refractivity contribution in [1.82, 2.24) is 0 Å². The number of hydrogen-bond donors (Lipinski definition) is 3. The molecule has 0 aliphatic rings. The van der Waals surface area contributed by atoms with Crippen molar-refractivity contribution in [3.05, 3.63) is 0 Å². The number of hydrogen-bond acceptors (Lipinski definition) is 3. The fourth-order valence-corrected chi connectivity index (χ4v) is 0. The van der Waals surface area contributed by atoms with Gasteiger partial charge in [-0.2, -0.15) is 0 Å². The zero-order valence-corrected chi connectivity index (χ0v) is 9.83. The highest BCUT2D eigenvalue weighted by molar-refractivity contribution is 4.50. The summed E-state index contributed by atoms with van der Waals surface area (Å²) in [6, 6.07) is 0. The van der Waals surface area contributed by atoms with E-state index in [9.17, 15) is 0 Å². The summed E-state index contributed by atoms with van der Waals surface area (Å²) in [5.74, 6) is 0. The lowest BCUT2D eigenvalue weighted by Crippen LogP contribution is -2.10. The Hall–Kier alpha value is -0.120. The minimum atomic E-state index is -0.500. The summed E-state index contributed by atoms with van der Waals surface area (Å²) in [5, 5.41) is 24.5. The Kier molecular flexibility index (Phi) is 17.0. The molecule has 0 atom stereocenters. The molecule has 0 unspecified atom stereocenters. The molecule has 0 aromatic rings. The number of rotatable bonds is 1. The Morgan fingerprint density at radius 3 is 1.23 bits per heavy atom. The van der Waals surface area contributed by atoms with Crippen LogP contribution in [0.5, 0.6) is 0 Å². The normalized spacial score (nSPS) is 9.69. The standard InChI is InChI=1S/C4H10O.2C3H8O/c1-4(2,3)5;1-3(2)4;1-2-3-4/h5H,1-3H3;3-4H,1-2H3;4H,2-3H2,1H3. The van der Waals surface area contributed by atoms with Crippen molar-refractivity contribution in [2.75, 3.05) is 6.61 Å². The summed E-state index contributed by atoms with van der Waals surface area (Å²) < 4.78 is 0. The zero-order valence-electron chi connectivity index (χ0n) is 9.83. The average Bonchev–Trinajstić information content (AvgIpc) is 1.82. The summed E-state index contributed by atoms with van der Waals surface area (Å²) in [6.07, 6.45) is 0.708. The molecule has 0 rings (SSSR count). The molecule has 84 valence electrons. The molecule has 3 nitrogen and oxygen atoms in total. The van der Waals surface area contributed by atoms with Gasteiger partial charge in [-0.25, -0.2) is 0 Å². The Morgan fingerprint density at radius 1 is 1.15 bits per heavy atom. The number of aliphatic hydroxyl groups is 3. The van der Waals surface area contributed by atoms with Crippen LogP contribution in [0.1, 0.15) is 48.0 Å². The highest BCUT2D eigenvalue weighted by atomic mass is 16.3. The fourth-order valence-electron chi connectivity index (χ4n) is 0. The summed E-state index contributed by atoms with van der Waals surface area (Å²) >= 11 is 0. The van der Waals surface area contributed by atoms with Gasteiger partial charge < -0.3 is 15.3 Å². The molecule has 0 saturated carbocycles. The van der Waals surface area contributed by atoms with Crippen molar-refractivity contribution in [3.63, 3.8) is 0 Å². The van der Waals surface area contributed by atoms with Gasteiger partial charge in [0.15, 0.2) is 0 Å². The average molecular weight is 194 g/mol. The molecule has 0 heterocycles. The number of aliphatic hydroxyl groups excluding tert-OH is 2. The molecule has 0 saturated heterocycles. The minimum Gasteiger partial charge on any atom is -0.396 e. The first kappa shape index (κ1) is 18.6. The molecule has 3 heteroatoms. The van der Waals surface area contributed by atoms with Gasteiger partial charge in [-0.3, -0.25) is 0 Å². The van der Waals surface area contributed by atoms with Crippen LogP contribution in [0.25, 0.3) is 0 Å². The van der Waals surface area contributed by atoms with Crippen molar-refractivity contribution in [2.45, 2.75) is 59.7 Å². The van der Waals surface area contributed by atoms with Crippen molar-refractivity contribution in [2.24, 2.45) is 0 Å². The van der Waals surface area contributed by atoms with Crippen molar-refractivity contribution >= 4 is 0 Å². The third-order valence-corrected chi connectivity index (χ3v) is 0.224. The van der Waals surface area contributed by atoms with Gasteiger partial charge in [0.25, 0.3) is 0 Å². The van der Waals surface area contributed by atoms with Gasteiger partial charge in [0.2, 0.25) is 0 Å². The Balaban J connectivity index is -0.000000117. The molecule has 0 aromatic heterocycles. The second-order valence-electron chi connectivity index (χ2n) is 3.99. The maximum atomic E-state index is 8.52. The topological polar surface area (TPSA) is 60.7 Å². The van der Waals surface area contributed by atoms with Crippen LogP contribution >= 0.6 is 0 Å². The van der Waals surface area contributed by atoms with Crippen LogP contribution < -0.4 is 0 Å². The Morgan fingerprint density at radius 2 is 1.23 bits per heavy atom. The molecule has 0 bridgehead atoms. The molecule has 0 radical (unpaired) electrons. The third kappa shape index (κ3) is 1500. The van der Waals surface area contributed by atoms with Crippen molar-refractivity contribution < 1.29 is 15.3 Å². The van der Waals surface area contributed by atoms with Crippen LogP contribution in [0, 0.1) is 0 Å². The minimum absolute atomic E-state index is 0.167. The fraction of sp³-hybridized carbons (Fsp3) is 1.00. The van der Waals surface area contributed by atoms with Gasteiger partial charge in [-0.05, 0) is 41.0 Å². The van der Waals surface area contributed by atoms with E-state index < -0.39 is 5.60 Å². The van der Waals surface area contributed by atoms with Crippen LogP contribution in [0.4, 0.5) is 0 Å². The summed E-state index contributed by atoms with van der Waals surface area (Å²) in [4.78, 5) is 0. The molecule has 0 fully saturated rings. The summed E-state index contributed by atoms with van der Waals surface area (Å²) in [5.41, 5.74) is -0.500. The van der Waals surface area contributed by atoms with E-state index in [4.69, 9.17) is 15.3 Å². The van der Waals surface area contributed by atoms with E-state index in [1.807, 2.05) is 6.92 Å². The van der Waals surface area contributed by atoms with Crippen LogP contribution in [0.3, 0.4) is 0 Å². The molecule has 13 heavy (non-hydrogen) atoms. The lowest BCUT2D eigenvalue weighted by molar-refractivity contribution is 0.102. The second kappa shape index (κ2) is 11.9. The molecule has 0 aliphatic heterocycles. The van der Waals surface area contributed by atoms with Crippen LogP contribution in [-0.4, -0.2) is 33.6 Å². The lowest BCUT2D eigenvalue weighted by atomic mass is 10.2. The van der Waals surface area contributed by atoms with Gasteiger partial charge in [0.1, 0.15) is 0 Å². The first-order valence-electron chi connectivity index (χ1n) is 4.66. The first-order chi connectivity index (χ1) is 5.65. The monoisotopic (exact) mass is 194 g/mol. The third-order valence-electron chi connectivity index (χ3n) is 0.224. The van der Waals surface area contributed by atoms with Crippen LogP contribution in [0.15, 0.2) is 0 Å². The van der Waals surface area contributed by atoms with E-state index in [2.05, 4.69) is 0 Å². The Labute approximate surface area is 82.4 Å². The molecular weight excluding hydrogens is 168 g/mol. The van der Waals surface area contributed by atoms with Gasteiger partial charge in [-0.15, -0.1) is 0 Å². The zero-order chi connectivity index (χ0) is 11.5. The van der Waals surface area contributed by atoms with E-state index in [0.29, 0.717) is 6.61 Å². The molecule has 0 aromatic carbocycles. The lowest BCUT2D eigenvalue weighted by Gasteiger charge is -2.04. The quantitative estimate of drug-likeness (QED) is 0.593. The van der Waals surface area contributed by atoms with Gasteiger partial charge in [-0.1, -0.05) is 6.92 Å². The summed E-state index contributed by atoms with van der Waals surface area (Å²) in [6.45, 7) is 10.9. The maximum absolute atomic E-state index is 8.52. The Bertz CT molecular complexity index is 64.0. The molecular formula is C10H26O3. The molecule has 0 spiro atoms. The van der Waals surface area contributed by atoms with Crippen molar-refractivity contribution in [3.8, 4) is 0 Å². The largest absolute Gasteiger partial charge is 0.396 e. The highest BCUT2D eigenvalue weighted by Crippen LogP contribution is 1.93.